The van der Waals surface area contributed by atoms with Crippen molar-refractivity contribution in [1.29, 1.82) is 0 Å². The van der Waals surface area contributed by atoms with E-state index in [0.717, 1.165) is 44.9 Å². The minimum Gasteiger partial charge on any atom is -0.298 e. The van der Waals surface area contributed by atoms with Gasteiger partial charge >= 0.3 is 0 Å². The summed E-state index contributed by atoms with van der Waals surface area (Å²) in [5.74, 6) is -0.556. The van der Waals surface area contributed by atoms with Crippen LogP contribution in [-0.2, 0) is 29.6 Å². The number of rotatable bonds is 8. The maximum absolute atomic E-state index is 15.0. The number of hydrogen-bond donors (Lipinski definition) is 0. The SMILES string of the molecule is O=Cc1ccc(-c2ccc3c(c2)C(=O)N(Cc2cccc4ccccc24)C(=O)C3(Cc2ccncc2)Cc2ccncc2)cc1. The van der Waals surface area contributed by atoms with Crippen LogP contribution < -0.4 is 0 Å². The maximum atomic E-state index is 15.0. The Bertz CT molecular complexity index is 1990. The molecule has 45 heavy (non-hydrogen) atoms. The summed E-state index contributed by atoms with van der Waals surface area (Å²) in [5.41, 5.74) is 5.22. The first kappa shape index (κ1) is 28.0. The van der Waals surface area contributed by atoms with Gasteiger partial charge in [0.25, 0.3) is 5.91 Å². The number of benzene rings is 4. The van der Waals surface area contributed by atoms with Gasteiger partial charge in [-0.15, -0.1) is 0 Å². The molecule has 0 atom stereocenters. The Morgan fingerprint density at radius 1 is 0.667 bits per heavy atom. The number of amides is 2. The zero-order chi connectivity index (χ0) is 30.8. The van der Waals surface area contributed by atoms with E-state index in [-0.39, 0.29) is 18.4 Å². The average Bonchev–Trinajstić information content (AvgIpc) is 3.10. The van der Waals surface area contributed by atoms with Crippen LogP contribution in [0.1, 0.15) is 43.0 Å². The molecular formula is C39H29N3O3. The molecule has 2 amide bonds. The Hall–Kier alpha value is -5.75. The highest BCUT2D eigenvalue weighted by molar-refractivity contribution is 6.14. The number of carbonyl (C=O) groups is 3. The maximum Gasteiger partial charge on any atom is 0.261 e. The van der Waals surface area contributed by atoms with E-state index >= 15 is 4.79 Å². The third-order valence-corrected chi connectivity index (χ3v) is 8.76. The van der Waals surface area contributed by atoms with E-state index in [4.69, 9.17) is 0 Å². The first-order chi connectivity index (χ1) is 22.1. The highest BCUT2D eigenvalue weighted by Crippen LogP contribution is 2.43. The van der Waals surface area contributed by atoms with Crippen LogP contribution in [0.25, 0.3) is 21.9 Å². The average molecular weight is 588 g/mol. The number of aromatic nitrogens is 2. The summed E-state index contributed by atoms with van der Waals surface area (Å²) in [6, 6.07) is 34.8. The lowest BCUT2D eigenvalue weighted by atomic mass is 9.66. The summed E-state index contributed by atoms with van der Waals surface area (Å²) in [7, 11) is 0. The Balaban J connectivity index is 1.43. The summed E-state index contributed by atoms with van der Waals surface area (Å²) in [6.07, 6.45) is 8.50. The quantitative estimate of drug-likeness (QED) is 0.141. The lowest BCUT2D eigenvalue weighted by Gasteiger charge is -2.42. The molecule has 0 radical (unpaired) electrons. The molecule has 2 aromatic heterocycles. The van der Waals surface area contributed by atoms with Gasteiger partial charge in [0.15, 0.2) is 0 Å². The van der Waals surface area contributed by atoms with Crippen LogP contribution in [0, 0.1) is 0 Å². The number of imide groups is 1. The number of nitrogens with zero attached hydrogens (tertiary/aromatic N) is 3. The zero-order valence-electron chi connectivity index (χ0n) is 24.5. The molecule has 0 aliphatic carbocycles. The van der Waals surface area contributed by atoms with Crippen LogP contribution in [0.5, 0.6) is 0 Å². The first-order valence-electron chi connectivity index (χ1n) is 14.9. The van der Waals surface area contributed by atoms with Crippen molar-refractivity contribution >= 4 is 28.9 Å². The van der Waals surface area contributed by atoms with Gasteiger partial charge in [0, 0.05) is 35.9 Å². The molecule has 7 rings (SSSR count). The number of hydrogen-bond acceptors (Lipinski definition) is 5. The standard InChI is InChI=1S/C39H29N3O3/c43-26-29-8-10-30(11-9-29)32-12-13-36-35(22-32)37(44)42(25-33-6-3-5-31-4-1-2-7-34(31)33)38(45)39(36,23-27-14-18-40-19-15-27)24-28-16-20-41-21-17-28/h1-22,26H,23-25H2. The Morgan fingerprint density at radius 3 is 1.96 bits per heavy atom. The molecule has 6 aromatic rings. The lowest BCUT2D eigenvalue weighted by molar-refractivity contribution is -0.136. The van der Waals surface area contributed by atoms with Crippen LogP contribution in [0.3, 0.4) is 0 Å². The van der Waals surface area contributed by atoms with Crippen LogP contribution >= 0.6 is 0 Å². The van der Waals surface area contributed by atoms with Crippen molar-refractivity contribution < 1.29 is 14.4 Å². The highest BCUT2D eigenvalue weighted by atomic mass is 16.2. The normalized spacial score (nSPS) is 13.9. The molecule has 0 unspecified atom stereocenters. The number of carbonyl (C=O) groups excluding carboxylic acids is 3. The molecule has 0 N–H and O–H groups in total. The third-order valence-electron chi connectivity index (χ3n) is 8.76. The van der Waals surface area contributed by atoms with Gasteiger partial charge in [-0.1, -0.05) is 78.9 Å². The Kier molecular flexibility index (Phi) is 7.31. The van der Waals surface area contributed by atoms with Gasteiger partial charge < -0.3 is 0 Å². The van der Waals surface area contributed by atoms with Crippen molar-refractivity contribution in [2.45, 2.75) is 24.8 Å². The predicted molar refractivity (Wildman–Crippen MR) is 174 cm³/mol. The monoisotopic (exact) mass is 587 g/mol. The summed E-state index contributed by atoms with van der Waals surface area (Å²) >= 11 is 0. The number of aldehydes is 1. The van der Waals surface area contributed by atoms with Crippen molar-refractivity contribution in [3.63, 3.8) is 0 Å². The number of fused-ring (bicyclic) bond motifs is 2. The van der Waals surface area contributed by atoms with Gasteiger partial charge in [-0.05, 0) is 87.3 Å². The molecule has 6 heteroatoms. The summed E-state index contributed by atoms with van der Waals surface area (Å²) in [5, 5.41) is 2.05. The van der Waals surface area contributed by atoms with E-state index in [1.807, 2.05) is 97.1 Å². The van der Waals surface area contributed by atoms with Gasteiger partial charge in [0.2, 0.25) is 5.91 Å². The second-order valence-electron chi connectivity index (χ2n) is 11.5. The van der Waals surface area contributed by atoms with E-state index in [9.17, 15) is 9.59 Å². The topological polar surface area (TPSA) is 80.2 Å². The molecule has 218 valence electrons. The van der Waals surface area contributed by atoms with Gasteiger partial charge in [0.1, 0.15) is 6.29 Å². The van der Waals surface area contributed by atoms with Crippen molar-refractivity contribution in [2.75, 3.05) is 0 Å². The van der Waals surface area contributed by atoms with Crippen LogP contribution in [0.4, 0.5) is 0 Å². The summed E-state index contributed by atoms with van der Waals surface area (Å²) < 4.78 is 0. The smallest absolute Gasteiger partial charge is 0.261 e. The van der Waals surface area contributed by atoms with Crippen molar-refractivity contribution in [1.82, 2.24) is 14.9 Å². The molecule has 4 aromatic carbocycles. The van der Waals surface area contributed by atoms with E-state index in [2.05, 4.69) is 9.97 Å². The fourth-order valence-electron chi connectivity index (χ4n) is 6.53. The first-order valence-corrected chi connectivity index (χ1v) is 14.9. The van der Waals surface area contributed by atoms with E-state index < -0.39 is 5.41 Å². The lowest BCUT2D eigenvalue weighted by Crippen LogP contribution is -2.56. The Labute approximate surface area is 261 Å². The molecule has 0 spiro atoms. The van der Waals surface area contributed by atoms with E-state index in [1.54, 1.807) is 36.9 Å². The second kappa shape index (κ2) is 11.7. The van der Waals surface area contributed by atoms with Crippen molar-refractivity contribution in [3.05, 3.63) is 167 Å². The fraction of sp³-hybridized carbons (Fsp3) is 0.103. The Morgan fingerprint density at radius 2 is 1.29 bits per heavy atom. The van der Waals surface area contributed by atoms with Gasteiger partial charge in [-0.2, -0.15) is 0 Å². The molecule has 1 aliphatic rings. The van der Waals surface area contributed by atoms with Gasteiger partial charge in [-0.25, -0.2) is 0 Å². The van der Waals surface area contributed by atoms with Crippen LogP contribution in [0.2, 0.25) is 0 Å². The van der Waals surface area contributed by atoms with E-state index in [1.165, 1.54) is 4.90 Å². The van der Waals surface area contributed by atoms with Crippen LogP contribution in [0.15, 0.2) is 134 Å². The van der Waals surface area contributed by atoms with Crippen molar-refractivity contribution in [2.24, 2.45) is 0 Å². The van der Waals surface area contributed by atoms with Crippen molar-refractivity contribution in [3.8, 4) is 11.1 Å². The molecule has 6 nitrogen and oxygen atoms in total. The zero-order valence-corrected chi connectivity index (χ0v) is 24.5. The van der Waals surface area contributed by atoms with Gasteiger partial charge in [0.05, 0.1) is 12.0 Å². The molecule has 0 saturated carbocycles. The highest BCUT2D eigenvalue weighted by Gasteiger charge is 2.50. The van der Waals surface area contributed by atoms with Crippen LogP contribution in [-0.4, -0.2) is 33.0 Å². The molecule has 0 saturated heterocycles. The minimum absolute atomic E-state index is 0.144. The largest absolute Gasteiger partial charge is 0.298 e. The van der Waals surface area contributed by atoms with E-state index in [0.29, 0.717) is 29.5 Å². The summed E-state index contributed by atoms with van der Waals surface area (Å²) in [4.78, 5) is 50.6. The second-order valence-corrected chi connectivity index (χ2v) is 11.5. The third kappa shape index (κ3) is 5.21. The molecular weight excluding hydrogens is 558 g/mol. The molecule has 0 fully saturated rings. The molecule has 0 bridgehead atoms. The molecule has 1 aliphatic heterocycles. The van der Waals surface area contributed by atoms with Gasteiger partial charge in [-0.3, -0.25) is 29.3 Å². The fourth-order valence-corrected chi connectivity index (χ4v) is 6.53. The predicted octanol–water partition coefficient (Wildman–Crippen LogP) is 7.02. The molecule has 3 heterocycles. The summed E-state index contributed by atoms with van der Waals surface area (Å²) in [6.45, 7) is 0.144. The minimum atomic E-state index is -1.07. The number of pyridine rings is 2.